The Kier molecular flexibility index (Phi) is 7.04. The number of thiophene rings is 1. The van der Waals surface area contributed by atoms with Gasteiger partial charge in [0.25, 0.3) is 0 Å². The molecule has 0 fully saturated rings. The van der Waals surface area contributed by atoms with E-state index in [9.17, 15) is 0 Å². The Labute approximate surface area is 300 Å². The van der Waals surface area contributed by atoms with Crippen molar-refractivity contribution in [2.75, 3.05) is 4.90 Å². The minimum atomic E-state index is 1.11. The Balaban J connectivity index is 1.23. The van der Waals surface area contributed by atoms with E-state index in [0.717, 1.165) is 22.6 Å². The average molecular weight is 669 g/mol. The molecule has 0 atom stereocenters. The van der Waals surface area contributed by atoms with E-state index >= 15 is 0 Å². The summed E-state index contributed by atoms with van der Waals surface area (Å²) in [6.45, 7) is 0. The lowest BCUT2D eigenvalue weighted by Gasteiger charge is -2.29. The van der Waals surface area contributed by atoms with Crippen LogP contribution in [-0.4, -0.2) is 4.57 Å². The second kappa shape index (κ2) is 12.2. The quantitative estimate of drug-likeness (QED) is 0.171. The van der Waals surface area contributed by atoms with Gasteiger partial charge >= 0.3 is 0 Å². The number of nitrogens with zero attached hydrogens (tertiary/aromatic N) is 2. The van der Waals surface area contributed by atoms with Gasteiger partial charge in [0.2, 0.25) is 0 Å². The molecule has 0 N–H and O–H groups in total. The van der Waals surface area contributed by atoms with Crippen molar-refractivity contribution < 1.29 is 0 Å². The van der Waals surface area contributed by atoms with E-state index < -0.39 is 0 Å². The number of anilines is 3. The third-order valence-corrected chi connectivity index (χ3v) is 11.1. The molecule has 0 saturated carbocycles. The Bertz CT molecular complexity index is 2830. The van der Waals surface area contributed by atoms with E-state index in [0.29, 0.717) is 0 Å². The Hall–Kier alpha value is -6.42. The average Bonchev–Trinajstić information content (AvgIpc) is 3.75. The van der Waals surface area contributed by atoms with Gasteiger partial charge in [0.05, 0.1) is 28.1 Å². The molecule has 0 saturated heterocycles. The van der Waals surface area contributed by atoms with Crippen LogP contribution in [0.2, 0.25) is 0 Å². The lowest BCUT2D eigenvalue weighted by atomic mass is 9.99. The Morgan fingerprint density at radius 1 is 0.392 bits per heavy atom. The van der Waals surface area contributed by atoms with Gasteiger partial charge < -0.3 is 9.47 Å². The molecule has 0 bridgehead atoms. The fraction of sp³-hybridized carbons (Fsp3) is 0. The Morgan fingerprint density at radius 2 is 0.961 bits per heavy atom. The molecule has 51 heavy (non-hydrogen) atoms. The van der Waals surface area contributed by atoms with Gasteiger partial charge in [-0.15, -0.1) is 11.3 Å². The van der Waals surface area contributed by atoms with Crippen molar-refractivity contribution >= 4 is 70.4 Å². The highest BCUT2D eigenvalue weighted by molar-refractivity contribution is 7.26. The smallest absolute Gasteiger partial charge is 0.0555 e. The summed E-state index contributed by atoms with van der Waals surface area (Å²) < 4.78 is 5.00. The molecule has 2 nitrogen and oxygen atoms in total. The van der Waals surface area contributed by atoms with Crippen LogP contribution in [0.15, 0.2) is 194 Å². The molecule has 3 heteroatoms. The largest absolute Gasteiger partial charge is 0.309 e. The summed E-state index contributed by atoms with van der Waals surface area (Å²) in [5.41, 5.74) is 11.7. The lowest BCUT2D eigenvalue weighted by Crippen LogP contribution is -2.11. The van der Waals surface area contributed by atoms with Crippen LogP contribution in [0.3, 0.4) is 0 Å². The number of rotatable bonds is 6. The van der Waals surface area contributed by atoms with Gasteiger partial charge in [-0.2, -0.15) is 0 Å². The van der Waals surface area contributed by atoms with E-state index in [-0.39, 0.29) is 0 Å². The van der Waals surface area contributed by atoms with Crippen LogP contribution < -0.4 is 4.90 Å². The van der Waals surface area contributed by atoms with E-state index in [1.54, 1.807) is 0 Å². The van der Waals surface area contributed by atoms with Crippen molar-refractivity contribution in [1.82, 2.24) is 4.57 Å². The van der Waals surface area contributed by atoms with Crippen LogP contribution in [0.5, 0.6) is 0 Å². The van der Waals surface area contributed by atoms with E-state index in [1.165, 1.54) is 64.4 Å². The summed E-state index contributed by atoms with van der Waals surface area (Å²) in [7, 11) is 0. The van der Waals surface area contributed by atoms with Crippen molar-refractivity contribution in [3.05, 3.63) is 194 Å². The number of hydrogen-bond donors (Lipinski definition) is 0. The number of hydrogen-bond acceptors (Lipinski definition) is 2. The second-order valence-electron chi connectivity index (χ2n) is 12.9. The van der Waals surface area contributed by atoms with Gasteiger partial charge in [-0.25, -0.2) is 0 Å². The SMILES string of the molecule is c1ccc(-c2ccccc2N(c2cccc(-c3ccccc3-n3c4ccccc4c4ccccc43)c2)c2cccc3sc4ccccc4c23)cc1. The minimum Gasteiger partial charge on any atom is -0.309 e. The third kappa shape index (κ3) is 4.85. The maximum atomic E-state index is 2.47. The summed E-state index contributed by atoms with van der Waals surface area (Å²) in [5.74, 6) is 0. The fourth-order valence-corrected chi connectivity index (χ4v) is 8.91. The Morgan fingerprint density at radius 3 is 1.76 bits per heavy atom. The summed E-state index contributed by atoms with van der Waals surface area (Å²) in [6, 6.07) is 70.4. The topological polar surface area (TPSA) is 8.17 Å². The van der Waals surface area contributed by atoms with Crippen LogP contribution >= 0.6 is 11.3 Å². The van der Waals surface area contributed by atoms with Crippen LogP contribution in [0.1, 0.15) is 0 Å². The fourth-order valence-electron chi connectivity index (χ4n) is 7.79. The summed E-state index contributed by atoms with van der Waals surface area (Å²) >= 11 is 1.86. The molecule has 0 radical (unpaired) electrons. The van der Waals surface area contributed by atoms with Gasteiger partial charge in [-0.1, -0.05) is 140 Å². The van der Waals surface area contributed by atoms with E-state index in [4.69, 9.17) is 0 Å². The molecular formula is C48H32N2S. The first-order chi connectivity index (χ1) is 25.3. The molecule has 240 valence electrons. The first kappa shape index (κ1) is 29.5. The van der Waals surface area contributed by atoms with Crippen LogP contribution in [0.25, 0.3) is 69.9 Å². The molecule has 8 aromatic carbocycles. The summed E-state index contributed by atoms with van der Waals surface area (Å²) in [5, 5.41) is 5.08. The molecule has 2 aromatic heterocycles. The predicted octanol–water partition coefficient (Wildman–Crippen LogP) is 14.0. The zero-order valence-corrected chi connectivity index (χ0v) is 28.6. The first-order valence-corrected chi connectivity index (χ1v) is 18.2. The predicted molar refractivity (Wildman–Crippen MR) is 219 cm³/mol. The molecule has 0 aliphatic heterocycles. The van der Waals surface area contributed by atoms with Crippen molar-refractivity contribution in [3.8, 4) is 27.9 Å². The molecule has 10 rings (SSSR count). The second-order valence-corrected chi connectivity index (χ2v) is 14.0. The third-order valence-electron chi connectivity index (χ3n) is 9.99. The molecule has 0 spiro atoms. The van der Waals surface area contributed by atoms with Crippen LogP contribution in [0.4, 0.5) is 17.1 Å². The standard InChI is InChI=1S/C48H32N2S/c1-2-16-33(17-3-1)36-20-4-9-25-41(36)49(45-29-15-31-47-48(45)40-24-8-13-30-46(40)51-47)35-19-14-18-34(32-35)37-21-5-10-26-42(37)50-43-27-11-6-22-38(43)39-23-7-12-28-44(39)50/h1-32H. The number of aromatic nitrogens is 1. The van der Waals surface area contributed by atoms with E-state index in [2.05, 4.69) is 204 Å². The lowest BCUT2D eigenvalue weighted by molar-refractivity contribution is 1.18. The molecule has 0 aliphatic rings. The highest BCUT2D eigenvalue weighted by Gasteiger charge is 2.22. The van der Waals surface area contributed by atoms with Gasteiger partial charge in [0, 0.05) is 47.8 Å². The highest BCUT2D eigenvalue weighted by Crippen LogP contribution is 2.48. The molecule has 2 heterocycles. The summed E-state index contributed by atoms with van der Waals surface area (Å²) in [6.07, 6.45) is 0. The monoisotopic (exact) mass is 668 g/mol. The van der Waals surface area contributed by atoms with E-state index in [1.807, 2.05) is 11.3 Å². The highest BCUT2D eigenvalue weighted by atomic mass is 32.1. The zero-order valence-electron chi connectivity index (χ0n) is 27.8. The maximum Gasteiger partial charge on any atom is 0.0555 e. The minimum absolute atomic E-state index is 1.11. The van der Waals surface area contributed by atoms with Gasteiger partial charge in [-0.05, 0) is 65.7 Å². The molecule has 0 aliphatic carbocycles. The number of fused-ring (bicyclic) bond motifs is 6. The molecule has 0 amide bonds. The van der Waals surface area contributed by atoms with Gasteiger partial charge in [0.1, 0.15) is 0 Å². The van der Waals surface area contributed by atoms with Crippen LogP contribution in [0, 0.1) is 0 Å². The van der Waals surface area contributed by atoms with Crippen molar-refractivity contribution in [3.63, 3.8) is 0 Å². The number of para-hydroxylation sites is 4. The van der Waals surface area contributed by atoms with Crippen molar-refractivity contribution in [1.29, 1.82) is 0 Å². The number of benzene rings is 8. The summed E-state index contributed by atoms with van der Waals surface area (Å²) in [4.78, 5) is 2.47. The maximum absolute atomic E-state index is 2.47. The normalized spacial score (nSPS) is 11.5. The molecule has 10 aromatic rings. The van der Waals surface area contributed by atoms with Gasteiger partial charge in [0.15, 0.2) is 0 Å². The first-order valence-electron chi connectivity index (χ1n) is 17.4. The molecular weight excluding hydrogens is 637 g/mol. The molecule has 0 unspecified atom stereocenters. The van der Waals surface area contributed by atoms with Gasteiger partial charge in [-0.3, -0.25) is 0 Å². The van der Waals surface area contributed by atoms with Crippen LogP contribution in [-0.2, 0) is 0 Å². The zero-order chi connectivity index (χ0) is 33.7. The van der Waals surface area contributed by atoms with Crippen molar-refractivity contribution in [2.45, 2.75) is 0 Å². The van der Waals surface area contributed by atoms with Crippen molar-refractivity contribution in [2.24, 2.45) is 0 Å².